The number of carbonyl (C=O) groups excluding carboxylic acids is 1. The number of benzene rings is 1. The van der Waals surface area contributed by atoms with Crippen LogP contribution in [0.5, 0.6) is 0 Å². The summed E-state index contributed by atoms with van der Waals surface area (Å²) in [6.45, 7) is 2.84. The van der Waals surface area contributed by atoms with Crippen molar-refractivity contribution >= 4 is 23.2 Å². The monoisotopic (exact) mass is 281 g/mol. The van der Waals surface area contributed by atoms with Crippen molar-refractivity contribution in [2.45, 2.75) is 19.4 Å². The smallest absolute Gasteiger partial charge is 0.236 e. The van der Waals surface area contributed by atoms with Crippen molar-refractivity contribution in [3.05, 3.63) is 28.8 Å². The molecule has 104 valence electrons. The average molecular weight is 282 g/mol. The maximum atomic E-state index is 12.0. The molecule has 1 aliphatic heterocycles. The third kappa shape index (κ3) is 3.85. The molecule has 1 amide bonds. The van der Waals surface area contributed by atoms with Crippen LogP contribution < -0.4 is 5.73 Å². The van der Waals surface area contributed by atoms with Gasteiger partial charge in [0, 0.05) is 30.3 Å². The van der Waals surface area contributed by atoms with Gasteiger partial charge in [-0.05, 0) is 43.7 Å². The number of hydrogen-bond acceptors (Lipinski definition) is 3. The summed E-state index contributed by atoms with van der Waals surface area (Å²) in [5.74, 6) is 0.194. The summed E-state index contributed by atoms with van der Waals surface area (Å²) < 4.78 is 0. The lowest BCUT2D eigenvalue weighted by molar-refractivity contribution is -0.131. The first kappa shape index (κ1) is 14.2. The number of nitrogens with two attached hydrogens (primary N) is 1. The molecule has 0 radical (unpaired) electrons. The molecule has 0 bridgehead atoms. The molecule has 1 fully saturated rings. The number of likely N-dealkylation sites (N-methyl/N-ethyl adjacent to an activating group) is 1. The average Bonchev–Trinajstić information content (AvgIpc) is 2.87. The van der Waals surface area contributed by atoms with Crippen LogP contribution in [0.2, 0.25) is 5.02 Å². The first-order chi connectivity index (χ1) is 9.06. The third-order valence-electron chi connectivity index (χ3n) is 3.37. The molecule has 5 heteroatoms. The van der Waals surface area contributed by atoms with Crippen molar-refractivity contribution < 1.29 is 4.79 Å². The van der Waals surface area contributed by atoms with Gasteiger partial charge in [0.15, 0.2) is 0 Å². The van der Waals surface area contributed by atoms with Gasteiger partial charge >= 0.3 is 0 Å². The molecule has 0 saturated carbocycles. The maximum Gasteiger partial charge on any atom is 0.236 e. The number of halogens is 1. The summed E-state index contributed by atoms with van der Waals surface area (Å²) in [6.07, 6.45) is 2.24. The summed E-state index contributed by atoms with van der Waals surface area (Å²) in [5.41, 5.74) is 7.40. The Morgan fingerprint density at radius 2 is 2.11 bits per heavy atom. The van der Waals surface area contributed by atoms with Gasteiger partial charge in [0.25, 0.3) is 0 Å². The topological polar surface area (TPSA) is 49.6 Å². The lowest BCUT2D eigenvalue weighted by Gasteiger charge is -2.21. The zero-order chi connectivity index (χ0) is 13.8. The molecule has 0 spiro atoms. The van der Waals surface area contributed by atoms with Crippen LogP contribution in [0.25, 0.3) is 0 Å². The van der Waals surface area contributed by atoms with Gasteiger partial charge in [-0.15, -0.1) is 0 Å². The molecule has 1 heterocycles. The number of amides is 1. The van der Waals surface area contributed by atoms with Crippen molar-refractivity contribution in [3.63, 3.8) is 0 Å². The Morgan fingerprint density at radius 1 is 1.42 bits per heavy atom. The molecule has 19 heavy (non-hydrogen) atoms. The van der Waals surface area contributed by atoms with E-state index in [1.54, 1.807) is 12.1 Å². The summed E-state index contributed by atoms with van der Waals surface area (Å²) >= 11 is 6.13. The number of likely N-dealkylation sites (tertiary alicyclic amines) is 1. The van der Waals surface area contributed by atoms with E-state index in [-0.39, 0.29) is 5.91 Å². The van der Waals surface area contributed by atoms with Gasteiger partial charge in [0.1, 0.15) is 0 Å². The number of carbonyl (C=O) groups is 1. The van der Waals surface area contributed by atoms with Crippen LogP contribution in [-0.2, 0) is 11.3 Å². The summed E-state index contributed by atoms with van der Waals surface area (Å²) in [4.78, 5) is 15.9. The van der Waals surface area contributed by atoms with E-state index in [0.717, 1.165) is 31.5 Å². The minimum absolute atomic E-state index is 0.194. The molecule has 1 aromatic carbocycles. The van der Waals surface area contributed by atoms with E-state index < -0.39 is 0 Å². The normalized spacial score (nSPS) is 15.2. The molecule has 0 atom stereocenters. The quantitative estimate of drug-likeness (QED) is 0.859. The Balaban J connectivity index is 1.91. The molecular formula is C14H20ClN3O. The van der Waals surface area contributed by atoms with Gasteiger partial charge in [0.2, 0.25) is 5.91 Å². The molecular weight excluding hydrogens is 262 g/mol. The number of nitrogen functional groups attached to an aromatic ring is 1. The second-order valence-corrected chi connectivity index (χ2v) is 5.52. The second kappa shape index (κ2) is 6.26. The lowest BCUT2D eigenvalue weighted by Crippen LogP contribution is -2.37. The van der Waals surface area contributed by atoms with E-state index in [2.05, 4.69) is 0 Å². The molecule has 2 rings (SSSR count). The lowest BCUT2D eigenvalue weighted by atomic mass is 10.2. The van der Waals surface area contributed by atoms with Crippen LogP contribution in [0.4, 0.5) is 5.69 Å². The van der Waals surface area contributed by atoms with Crippen LogP contribution in [0.1, 0.15) is 18.4 Å². The first-order valence-corrected chi connectivity index (χ1v) is 6.94. The molecule has 1 aromatic rings. The third-order valence-corrected chi connectivity index (χ3v) is 3.74. The van der Waals surface area contributed by atoms with E-state index in [4.69, 9.17) is 17.3 Å². The number of hydrogen-bond donors (Lipinski definition) is 1. The van der Waals surface area contributed by atoms with Crippen LogP contribution in [0.3, 0.4) is 0 Å². The fraction of sp³-hybridized carbons (Fsp3) is 0.500. The number of nitrogens with zero attached hydrogens (tertiary/aromatic N) is 2. The van der Waals surface area contributed by atoms with Crippen molar-refractivity contribution in [2.75, 3.05) is 32.4 Å². The maximum absolute atomic E-state index is 12.0. The minimum Gasteiger partial charge on any atom is -0.399 e. The van der Waals surface area contributed by atoms with Gasteiger partial charge in [-0.3, -0.25) is 9.69 Å². The van der Waals surface area contributed by atoms with Crippen molar-refractivity contribution in [1.29, 1.82) is 0 Å². The van der Waals surface area contributed by atoms with Gasteiger partial charge in [0.05, 0.1) is 6.54 Å². The van der Waals surface area contributed by atoms with Crippen molar-refractivity contribution in [1.82, 2.24) is 9.80 Å². The zero-order valence-electron chi connectivity index (χ0n) is 11.2. The van der Waals surface area contributed by atoms with Crippen LogP contribution in [0.15, 0.2) is 18.2 Å². The van der Waals surface area contributed by atoms with Gasteiger partial charge in [-0.25, -0.2) is 0 Å². The number of anilines is 1. The second-order valence-electron chi connectivity index (χ2n) is 5.11. The highest BCUT2D eigenvalue weighted by atomic mass is 35.5. The largest absolute Gasteiger partial charge is 0.399 e. The fourth-order valence-electron chi connectivity index (χ4n) is 2.36. The summed E-state index contributed by atoms with van der Waals surface area (Å²) in [6, 6.07) is 5.43. The van der Waals surface area contributed by atoms with E-state index in [0.29, 0.717) is 23.8 Å². The molecule has 4 nitrogen and oxygen atoms in total. The highest BCUT2D eigenvalue weighted by Crippen LogP contribution is 2.20. The van der Waals surface area contributed by atoms with Gasteiger partial charge in [-0.1, -0.05) is 11.6 Å². The number of rotatable bonds is 4. The van der Waals surface area contributed by atoms with Crippen LogP contribution in [-0.4, -0.2) is 42.4 Å². The van der Waals surface area contributed by atoms with E-state index in [1.807, 2.05) is 22.9 Å². The highest BCUT2D eigenvalue weighted by molar-refractivity contribution is 6.31. The van der Waals surface area contributed by atoms with Crippen molar-refractivity contribution in [2.24, 2.45) is 0 Å². The zero-order valence-corrected chi connectivity index (χ0v) is 12.0. The summed E-state index contributed by atoms with van der Waals surface area (Å²) in [7, 11) is 1.92. The molecule has 0 aromatic heterocycles. The van der Waals surface area contributed by atoms with Gasteiger partial charge < -0.3 is 10.6 Å². The molecule has 0 aliphatic carbocycles. The fourth-order valence-corrected chi connectivity index (χ4v) is 2.54. The predicted octanol–water partition coefficient (Wildman–Crippen LogP) is 1.98. The molecule has 2 N–H and O–H groups in total. The van der Waals surface area contributed by atoms with Gasteiger partial charge in [-0.2, -0.15) is 0 Å². The van der Waals surface area contributed by atoms with E-state index in [1.165, 1.54) is 0 Å². The Labute approximate surface area is 119 Å². The Bertz CT molecular complexity index is 458. The predicted molar refractivity (Wildman–Crippen MR) is 78.0 cm³/mol. The molecule has 0 unspecified atom stereocenters. The Hall–Kier alpha value is -1.26. The van der Waals surface area contributed by atoms with Crippen molar-refractivity contribution in [3.8, 4) is 0 Å². The Morgan fingerprint density at radius 3 is 2.79 bits per heavy atom. The van der Waals surface area contributed by atoms with E-state index >= 15 is 0 Å². The summed E-state index contributed by atoms with van der Waals surface area (Å²) in [5, 5.41) is 0.690. The highest BCUT2D eigenvalue weighted by Gasteiger charge is 2.19. The molecule has 1 saturated heterocycles. The van der Waals surface area contributed by atoms with E-state index in [9.17, 15) is 4.79 Å². The SMILES string of the molecule is CN(CC(=O)N1CCCC1)Cc1cc(N)ccc1Cl. The van der Waals surface area contributed by atoms with Crippen LogP contribution >= 0.6 is 11.6 Å². The standard InChI is InChI=1S/C14H20ClN3O/c1-17(10-14(19)18-6-2-3-7-18)9-11-8-12(16)4-5-13(11)15/h4-5,8H,2-3,6-7,9-10,16H2,1H3. The minimum atomic E-state index is 0.194. The first-order valence-electron chi connectivity index (χ1n) is 6.56. The molecule has 1 aliphatic rings. The Kier molecular flexibility index (Phi) is 4.66. The van der Waals surface area contributed by atoms with Crippen LogP contribution in [0, 0.1) is 0 Å².